The van der Waals surface area contributed by atoms with Crippen LogP contribution in [-0.4, -0.2) is 48.9 Å². The molecule has 0 aromatic heterocycles. The number of aryl methyl sites for hydroxylation is 1. The Bertz CT molecular complexity index is 894. The molecule has 158 valence electrons. The third-order valence-corrected chi connectivity index (χ3v) is 7.34. The van der Waals surface area contributed by atoms with Gasteiger partial charge in [-0.15, -0.1) is 0 Å². The summed E-state index contributed by atoms with van der Waals surface area (Å²) < 4.78 is 0. The highest BCUT2D eigenvalue weighted by Crippen LogP contribution is 2.52. The maximum atomic E-state index is 12.7. The van der Waals surface area contributed by atoms with E-state index < -0.39 is 0 Å². The number of nitrogens with one attached hydrogen (secondary N) is 2. The first-order valence-corrected chi connectivity index (χ1v) is 11.1. The second-order valence-corrected chi connectivity index (χ2v) is 9.13. The molecule has 1 aromatic rings. The van der Waals surface area contributed by atoms with Crippen molar-refractivity contribution in [2.45, 2.75) is 38.1 Å². The third-order valence-electron chi connectivity index (χ3n) is 7.34. The van der Waals surface area contributed by atoms with Gasteiger partial charge in [-0.05, 0) is 49.1 Å². The summed E-state index contributed by atoms with van der Waals surface area (Å²) in [7, 11) is 1.78. The Morgan fingerprint density at radius 2 is 1.80 bits per heavy atom. The minimum Gasteiger partial charge on any atom is -0.356 e. The summed E-state index contributed by atoms with van der Waals surface area (Å²) in [5.41, 5.74) is 2.74. The summed E-state index contributed by atoms with van der Waals surface area (Å²) in [6, 6.07) is 8.95. The molecule has 1 aromatic carbocycles. The van der Waals surface area contributed by atoms with Crippen LogP contribution in [0.5, 0.6) is 0 Å². The van der Waals surface area contributed by atoms with Crippen molar-refractivity contribution in [2.24, 2.45) is 28.7 Å². The second kappa shape index (κ2) is 7.56. The predicted molar refractivity (Wildman–Crippen MR) is 116 cm³/mol. The van der Waals surface area contributed by atoms with E-state index in [4.69, 9.17) is 0 Å². The zero-order valence-corrected chi connectivity index (χ0v) is 17.7. The van der Waals surface area contributed by atoms with Crippen LogP contribution in [-0.2, 0) is 9.59 Å². The van der Waals surface area contributed by atoms with Crippen LogP contribution in [0.3, 0.4) is 0 Å². The van der Waals surface area contributed by atoms with Crippen LogP contribution in [0.25, 0.3) is 0 Å². The molecule has 4 aliphatic rings. The van der Waals surface area contributed by atoms with E-state index in [2.05, 4.69) is 59.0 Å². The van der Waals surface area contributed by atoms with Crippen molar-refractivity contribution < 1.29 is 9.59 Å². The molecule has 0 spiro atoms. The van der Waals surface area contributed by atoms with E-state index in [-0.39, 0.29) is 35.5 Å². The third kappa shape index (κ3) is 3.22. The summed E-state index contributed by atoms with van der Waals surface area (Å²) >= 11 is 0. The first-order chi connectivity index (χ1) is 14.6. The maximum Gasteiger partial charge on any atom is 0.233 e. The Morgan fingerprint density at radius 3 is 2.47 bits per heavy atom. The molecular weight excluding hydrogens is 376 g/mol. The van der Waals surface area contributed by atoms with Crippen LogP contribution in [0.2, 0.25) is 0 Å². The molecule has 5 rings (SSSR count). The smallest absolute Gasteiger partial charge is 0.233 e. The molecule has 1 heterocycles. The number of benzene rings is 1. The first kappa shape index (κ1) is 19.3. The Balaban J connectivity index is 1.08. The minimum atomic E-state index is -0.0943. The van der Waals surface area contributed by atoms with E-state index in [1.165, 1.54) is 16.0 Å². The quantitative estimate of drug-likeness (QED) is 0.250. The Morgan fingerprint density at radius 1 is 1.10 bits per heavy atom. The maximum absolute atomic E-state index is 12.7. The number of carbonyl (C=O) groups is 2. The van der Waals surface area contributed by atoms with E-state index in [9.17, 15) is 9.59 Å². The molecule has 6 unspecified atom stereocenters. The van der Waals surface area contributed by atoms with Crippen molar-refractivity contribution in [3.8, 4) is 0 Å². The van der Waals surface area contributed by atoms with E-state index >= 15 is 0 Å². The SMILES string of the molecule is CN=C(NCCCN1C(=O)C2C3C=CC(C3)C2C1=O)NC1CC1c1ccccc1C. The number of imide groups is 1. The zero-order valence-electron chi connectivity index (χ0n) is 17.7. The van der Waals surface area contributed by atoms with E-state index in [0.717, 1.165) is 25.2 Å². The van der Waals surface area contributed by atoms with Crippen molar-refractivity contribution in [3.63, 3.8) is 0 Å². The molecule has 2 bridgehead atoms. The van der Waals surface area contributed by atoms with Crippen LogP contribution in [0.4, 0.5) is 0 Å². The standard InChI is InChI=1S/C24H30N4O2/c1-14-6-3-4-7-17(14)18-13-19(18)27-24(25-2)26-10-5-11-28-22(29)20-15-8-9-16(12-15)21(20)23(28)30/h3-4,6-9,15-16,18-21H,5,10-13H2,1-2H3,(H2,25,26,27). The Labute approximate surface area is 177 Å². The molecule has 1 saturated heterocycles. The van der Waals surface area contributed by atoms with Crippen LogP contribution in [0.1, 0.15) is 36.3 Å². The largest absolute Gasteiger partial charge is 0.356 e. The van der Waals surface area contributed by atoms with Crippen molar-refractivity contribution in [1.82, 2.24) is 15.5 Å². The summed E-state index contributed by atoms with van der Waals surface area (Å²) in [6.07, 6.45) is 7.10. The summed E-state index contributed by atoms with van der Waals surface area (Å²) in [6.45, 7) is 3.33. The number of rotatable bonds is 6. The fourth-order valence-corrected chi connectivity index (χ4v) is 5.70. The first-order valence-electron chi connectivity index (χ1n) is 11.1. The molecular formula is C24H30N4O2. The van der Waals surface area contributed by atoms with Gasteiger partial charge in [0.05, 0.1) is 11.8 Å². The molecule has 0 radical (unpaired) electrons. The summed E-state index contributed by atoms with van der Waals surface area (Å²) in [5, 5.41) is 6.84. The zero-order chi connectivity index (χ0) is 20.8. The average Bonchev–Trinajstić information content (AvgIpc) is 3.07. The van der Waals surface area contributed by atoms with Gasteiger partial charge in [0.15, 0.2) is 5.96 Å². The lowest BCUT2D eigenvalue weighted by Crippen LogP contribution is -2.41. The number of hydrogen-bond donors (Lipinski definition) is 2. The van der Waals surface area contributed by atoms with E-state index in [1.807, 2.05) is 0 Å². The highest BCUT2D eigenvalue weighted by atomic mass is 16.2. The van der Waals surface area contributed by atoms with Crippen molar-refractivity contribution in [1.29, 1.82) is 0 Å². The lowest BCUT2D eigenvalue weighted by Gasteiger charge is -2.18. The van der Waals surface area contributed by atoms with Gasteiger partial charge in [-0.2, -0.15) is 0 Å². The number of carbonyl (C=O) groups excluding carboxylic acids is 2. The van der Waals surface area contributed by atoms with E-state index in [1.54, 1.807) is 7.05 Å². The van der Waals surface area contributed by atoms with Crippen LogP contribution in [0, 0.1) is 30.6 Å². The van der Waals surface area contributed by atoms with Crippen LogP contribution >= 0.6 is 0 Å². The Hall–Kier alpha value is -2.63. The van der Waals surface area contributed by atoms with Gasteiger partial charge >= 0.3 is 0 Å². The number of guanidine groups is 1. The summed E-state index contributed by atoms with van der Waals surface area (Å²) in [5.74, 6) is 1.78. The monoisotopic (exact) mass is 406 g/mol. The predicted octanol–water partition coefficient (Wildman–Crippen LogP) is 2.21. The molecule has 6 nitrogen and oxygen atoms in total. The van der Waals surface area contributed by atoms with Crippen LogP contribution < -0.4 is 10.6 Å². The molecule has 6 heteroatoms. The fourth-order valence-electron chi connectivity index (χ4n) is 5.70. The van der Waals surface area contributed by atoms with Crippen LogP contribution in [0.15, 0.2) is 41.4 Å². The second-order valence-electron chi connectivity index (χ2n) is 9.13. The topological polar surface area (TPSA) is 73.8 Å². The number of likely N-dealkylation sites (tertiary alicyclic amines) is 1. The normalized spacial score (nSPS) is 33.9. The summed E-state index contributed by atoms with van der Waals surface area (Å²) in [4.78, 5) is 31.3. The van der Waals surface area contributed by atoms with Gasteiger partial charge in [0, 0.05) is 32.1 Å². The van der Waals surface area contributed by atoms with Gasteiger partial charge in [-0.1, -0.05) is 36.4 Å². The molecule has 2 N–H and O–H groups in total. The number of nitrogens with zero attached hydrogens (tertiary/aromatic N) is 2. The van der Waals surface area contributed by atoms with Crippen molar-refractivity contribution >= 4 is 17.8 Å². The lowest BCUT2D eigenvalue weighted by molar-refractivity contribution is -0.140. The molecule has 2 saturated carbocycles. The molecule has 30 heavy (non-hydrogen) atoms. The number of aliphatic imine (C=N–C) groups is 1. The molecule has 6 atom stereocenters. The highest BCUT2D eigenvalue weighted by molar-refractivity contribution is 6.06. The number of hydrogen-bond acceptors (Lipinski definition) is 3. The molecule has 1 aliphatic heterocycles. The molecule has 3 aliphatic carbocycles. The van der Waals surface area contributed by atoms with Gasteiger partial charge in [0.25, 0.3) is 0 Å². The minimum absolute atomic E-state index is 0.0448. The Kier molecular flexibility index (Phi) is 4.88. The lowest BCUT2D eigenvalue weighted by atomic mass is 9.85. The van der Waals surface area contributed by atoms with Gasteiger partial charge in [-0.3, -0.25) is 19.5 Å². The molecule has 2 amide bonds. The van der Waals surface area contributed by atoms with E-state index in [0.29, 0.717) is 25.0 Å². The van der Waals surface area contributed by atoms with Crippen molar-refractivity contribution in [2.75, 3.05) is 20.1 Å². The average molecular weight is 407 g/mol. The van der Waals surface area contributed by atoms with Gasteiger partial charge in [-0.25, -0.2) is 0 Å². The highest BCUT2D eigenvalue weighted by Gasteiger charge is 2.58. The molecule has 3 fully saturated rings. The van der Waals surface area contributed by atoms with Gasteiger partial charge < -0.3 is 10.6 Å². The number of amides is 2. The number of fused-ring (bicyclic) bond motifs is 5. The van der Waals surface area contributed by atoms with Gasteiger partial charge in [0.1, 0.15) is 0 Å². The van der Waals surface area contributed by atoms with Gasteiger partial charge in [0.2, 0.25) is 11.8 Å². The number of allylic oxidation sites excluding steroid dienone is 2. The van der Waals surface area contributed by atoms with Crippen molar-refractivity contribution in [3.05, 3.63) is 47.5 Å². The fraction of sp³-hybridized carbons (Fsp3) is 0.542.